The van der Waals surface area contributed by atoms with E-state index in [2.05, 4.69) is 20.5 Å². The van der Waals surface area contributed by atoms with Gasteiger partial charge in [-0.2, -0.15) is 13.1 Å². The van der Waals surface area contributed by atoms with Gasteiger partial charge in [0.05, 0.1) is 35.7 Å². The van der Waals surface area contributed by atoms with Crippen LogP contribution in [0.15, 0.2) is 46.9 Å². The number of thiazole rings is 1. The number of aromatic nitrogens is 3. The van der Waals surface area contributed by atoms with Crippen LogP contribution in [0.5, 0.6) is 0 Å². The van der Waals surface area contributed by atoms with E-state index < -0.39 is 43.5 Å². The van der Waals surface area contributed by atoms with E-state index in [9.17, 15) is 26.4 Å². The normalized spacial score (nSPS) is 14.9. The van der Waals surface area contributed by atoms with Crippen LogP contribution in [-0.2, 0) is 36.1 Å². The van der Waals surface area contributed by atoms with E-state index in [1.807, 2.05) is 29.0 Å². The number of hydrogen-bond donors (Lipinski definition) is 3. The predicted octanol–water partition coefficient (Wildman–Crippen LogP) is 0.752. The zero-order chi connectivity index (χ0) is 31.5. The molecule has 15 nitrogen and oxygen atoms in total. The minimum absolute atomic E-state index is 0.0576. The number of carbonyl (C=O) groups excluding carboxylic acids is 2. The zero-order valence-electron chi connectivity index (χ0n) is 23.4. The second-order valence-corrected chi connectivity index (χ2v) is 14.5. The first-order chi connectivity index (χ1) is 20.9. The second-order valence-electron chi connectivity index (χ2n) is 9.85. The first-order valence-electron chi connectivity index (χ1n) is 13.3. The van der Waals surface area contributed by atoms with Crippen molar-refractivity contribution >= 4 is 53.4 Å². The number of hydrogen-bond acceptors (Lipinski definition) is 12. The number of ether oxygens (including phenoxy) is 1. The Morgan fingerprint density at radius 3 is 2.43 bits per heavy atom. The van der Waals surface area contributed by atoms with Crippen molar-refractivity contribution in [1.82, 2.24) is 30.1 Å². The predicted molar refractivity (Wildman–Crippen MR) is 160 cm³/mol. The Labute approximate surface area is 256 Å². The van der Waals surface area contributed by atoms with Gasteiger partial charge in [0.1, 0.15) is 5.01 Å². The van der Waals surface area contributed by atoms with Gasteiger partial charge in [0.25, 0.3) is 16.1 Å². The van der Waals surface area contributed by atoms with Gasteiger partial charge in [-0.25, -0.2) is 18.5 Å². The molecule has 0 saturated carbocycles. The summed E-state index contributed by atoms with van der Waals surface area (Å²) in [5, 5.41) is 13.7. The summed E-state index contributed by atoms with van der Waals surface area (Å²) in [6.45, 7) is 2.81. The number of morpholine rings is 1. The molecule has 1 aliphatic heterocycles. The molecule has 44 heavy (non-hydrogen) atoms. The monoisotopic (exact) mass is 663 g/mol. The van der Waals surface area contributed by atoms with Crippen molar-refractivity contribution in [2.75, 3.05) is 38.6 Å². The van der Waals surface area contributed by atoms with Crippen molar-refractivity contribution in [3.8, 4) is 11.1 Å². The van der Waals surface area contributed by atoms with E-state index >= 15 is 0 Å². The van der Waals surface area contributed by atoms with Crippen LogP contribution < -0.4 is 15.2 Å². The molecule has 0 spiro atoms. The van der Waals surface area contributed by atoms with Crippen molar-refractivity contribution < 1.29 is 35.6 Å². The van der Waals surface area contributed by atoms with Crippen LogP contribution in [0.3, 0.4) is 0 Å². The molecule has 4 aromatic rings. The smallest absolute Gasteiger partial charge is 0.274 e. The number of fused-ring (bicyclic) bond motifs is 1. The number of rotatable bonds is 11. The molecule has 2 amide bonds. The lowest BCUT2D eigenvalue weighted by Crippen LogP contribution is -2.40. The van der Waals surface area contributed by atoms with Gasteiger partial charge in [0, 0.05) is 32.1 Å². The summed E-state index contributed by atoms with van der Waals surface area (Å²) in [6, 6.07) is 12.7. The molecule has 18 heteroatoms. The highest BCUT2D eigenvalue weighted by molar-refractivity contribution is 7.92. The van der Waals surface area contributed by atoms with Crippen molar-refractivity contribution in [2.24, 2.45) is 5.14 Å². The van der Waals surface area contributed by atoms with Crippen LogP contribution in [0.25, 0.3) is 21.3 Å². The Kier molecular flexibility index (Phi) is 9.37. The molecule has 1 atom stereocenters. The van der Waals surface area contributed by atoms with E-state index in [0.717, 1.165) is 22.5 Å². The highest BCUT2D eigenvalue weighted by Gasteiger charge is 2.37. The average molecular weight is 664 g/mol. The Morgan fingerprint density at radius 1 is 1.05 bits per heavy atom. The molecule has 3 heterocycles. The van der Waals surface area contributed by atoms with Gasteiger partial charge in [-0.05, 0) is 35.4 Å². The number of nitrogens with two attached hydrogens (primary N) is 1. The Morgan fingerprint density at radius 2 is 1.75 bits per heavy atom. The summed E-state index contributed by atoms with van der Waals surface area (Å²) < 4.78 is 63.1. The molecule has 2 aromatic carbocycles. The maximum Gasteiger partial charge on any atom is 0.274 e. The SMILES string of the molecule is CC(=O)NCCS(=O)(=O)C(c1nnc(CNS(N)(=O)=O)o1)c1nc2ccc(-c3ccc(C(=O)N4CCOCC4)cc3)cc2s1. The van der Waals surface area contributed by atoms with Crippen LogP contribution in [0.4, 0.5) is 0 Å². The van der Waals surface area contributed by atoms with Crippen LogP contribution in [0, 0.1) is 0 Å². The first-order valence-corrected chi connectivity index (χ1v) is 17.4. The second kappa shape index (κ2) is 13.0. The molecule has 1 fully saturated rings. The fourth-order valence-corrected chi connectivity index (χ4v) is 7.77. The fraction of sp³-hybridized carbons (Fsp3) is 0.346. The zero-order valence-corrected chi connectivity index (χ0v) is 25.9. The Bertz CT molecular complexity index is 1880. The fourth-order valence-electron chi connectivity index (χ4n) is 4.49. The quantitative estimate of drug-likeness (QED) is 0.203. The number of benzene rings is 2. The van der Waals surface area contributed by atoms with E-state index in [1.165, 1.54) is 6.92 Å². The van der Waals surface area contributed by atoms with E-state index in [1.54, 1.807) is 23.1 Å². The Hall–Kier alpha value is -3.81. The molecular formula is C26H29N7O8S3. The van der Waals surface area contributed by atoms with Gasteiger partial charge in [-0.1, -0.05) is 18.2 Å². The lowest BCUT2D eigenvalue weighted by molar-refractivity contribution is -0.118. The topological polar surface area (TPSA) is 217 Å². The molecule has 0 aliphatic carbocycles. The highest BCUT2D eigenvalue weighted by Crippen LogP contribution is 2.37. The molecule has 1 aliphatic rings. The number of amides is 2. The maximum atomic E-state index is 13.5. The molecule has 5 rings (SSSR count). The standard InChI is InChI=1S/C26H29N7O8S3/c1-16(34)28-8-13-43(36,37)23(24-32-31-22(41-24)15-29-44(27,38)39)25-30-20-7-6-19(14-21(20)42-25)17-2-4-18(5-3-17)26(35)33-9-11-40-12-10-33/h2-7,14,23,29H,8-13,15H2,1H3,(H,28,34)(H2,27,38,39). The third kappa shape index (κ3) is 7.63. The molecule has 4 N–H and O–H groups in total. The van der Waals surface area contributed by atoms with Crippen molar-refractivity contribution in [3.63, 3.8) is 0 Å². The summed E-state index contributed by atoms with van der Waals surface area (Å²) in [7, 11) is -8.12. The minimum atomic E-state index is -4.06. The van der Waals surface area contributed by atoms with Gasteiger partial charge in [0.15, 0.2) is 15.1 Å². The molecular weight excluding hydrogens is 635 g/mol. The third-order valence-electron chi connectivity index (χ3n) is 6.64. The highest BCUT2D eigenvalue weighted by atomic mass is 32.2. The van der Waals surface area contributed by atoms with Gasteiger partial charge < -0.3 is 19.4 Å². The van der Waals surface area contributed by atoms with Gasteiger partial charge in [0.2, 0.25) is 17.7 Å². The first kappa shape index (κ1) is 31.6. The molecule has 2 aromatic heterocycles. The summed E-state index contributed by atoms with van der Waals surface area (Å²) in [5.41, 5.74) is 2.79. The summed E-state index contributed by atoms with van der Waals surface area (Å²) in [5.74, 6) is -1.40. The number of nitrogens with zero attached hydrogens (tertiary/aromatic N) is 4. The average Bonchev–Trinajstić information content (AvgIpc) is 3.62. The Balaban J connectivity index is 1.43. The van der Waals surface area contributed by atoms with Crippen molar-refractivity contribution in [1.29, 1.82) is 0 Å². The van der Waals surface area contributed by atoms with E-state index in [4.69, 9.17) is 14.3 Å². The van der Waals surface area contributed by atoms with Crippen molar-refractivity contribution in [2.45, 2.75) is 18.7 Å². The molecule has 0 bridgehead atoms. The third-order valence-corrected chi connectivity index (χ3v) is 10.3. The van der Waals surface area contributed by atoms with E-state index in [-0.39, 0.29) is 29.2 Å². The maximum absolute atomic E-state index is 13.5. The minimum Gasteiger partial charge on any atom is -0.422 e. The molecule has 1 saturated heterocycles. The molecule has 0 radical (unpaired) electrons. The lowest BCUT2D eigenvalue weighted by Gasteiger charge is -2.26. The lowest BCUT2D eigenvalue weighted by atomic mass is 10.0. The molecule has 1 unspecified atom stereocenters. The largest absolute Gasteiger partial charge is 0.422 e. The number of nitrogens with one attached hydrogen (secondary N) is 2. The molecule has 234 valence electrons. The van der Waals surface area contributed by atoms with Gasteiger partial charge in [-0.15, -0.1) is 21.5 Å². The van der Waals surface area contributed by atoms with Crippen LogP contribution in [0.2, 0.25) is 0 Å². The van der Waals surface area contributed by atoms with Crippen molar-refractivity contribution in [3.05, 3.63) is 64.8 Å². The summed E-state index contributed by atoms with van der Waals surface area (Å²) in [6.07, 6.45) is 0. The van der Waals surface area contributed by atoms with Crippen LogP contribution in [0.1, 0.15) is 39.3 Å². The van der Waals surface area contributed by atoms with E-state index in [0.29, 0.717) is 42.1 Å². The van der Waals surface area contributed by atoms with Gasteiger partial charge >= 0.3 is 0 Å². The van der Waals surface area contributed by atoms with Gasteiger partial charge in [-0.3, -0.25) is 9.59 Å². The summed E-state index contributed by atoms with van der Waals surface area (Å²) >= 11 is 1.12. The summed E-state index contributed by atoms with van der Waals surface area (Å²) in [4.78, 5) is 30.5. The van der Waals surface area contributed by atoms with Crippen LogP contribution >= 0.6 is 11.3 Å². The number of sulfone groups is 1. The van der Waals surface area contributed by atoms with Crippen LogP contribution in [-0.4, -0.2) is 87.3 Å². The number of carbonyl (C=O) groups is 2.